The minimum Gasteiger partial charge on any atom is -0.481 e. The molecule has 0 aliphatic rings. The molecule has 0 heterocycles. The van der Waals surface area contributed by atoms with E-state index < -0.39 is 12.1 Å². The highest BCUT2D eigenvalue weighted by molar-refractivity contribution is 5.66. The maximum atomic E-state index is 10.5. The van der Waals surface area contributed by atoms with E-state index in [-0.39, 0.29) is 12.8 Å². The van der Waals surface area contributed by atoms with Gasteiger partial charge < -0.3 is 10.2 Å². The molecule has 3 nitrogen and oxygen atoms in total. The fourth-order valence-corrected chi connectivity index (χ4v) is 2.12. The van der Waals surface area contributed by atoms with Crippen LogP contribution in [0.3, 0.4) is 0 Å². The van der Waals surface area contributed by atoms with E-state index in [0.29, 0.717) is 0 Å². The Bertz CT molecular complexity index is 546. The van der Waals surface area contributed by atoms with Crippen molar-refractivity contribution in [2.24, 2.45) is 0 Å². The molecule has 0 aromatic heterocycles. The molecule has 0 saturated carbocycles. The Labute approximate surface area is 118 Å². The second-order valence-corrected chi connectivity index (χ2v) is 4.85. The van der Waals surface area contributed by atoms with Gasteiger partial charge in [0.05, 0.1) is 6.10 Å². The highest BCUT2D eigenvalue weighted by atomic mass is 16.4. The first kappa shape index (κ1) is 14.3. The van der Waals surface area contributed by atoms with Crippen LogP contribution in [0.5, 0.6) is 0 Å². The lowest BCUT2D eigenvalue weighted by atomic mass is 10.00. The van der Waals surface area contributed by atoms with Crippen molar-refractivity contribution < 1.29 is 15.0 Å². The molecule has 0 saturated heterocycles. The molecule has 0 aliphatic heterocycles. The number of carbonyl (C=O) groups is 1. The molecule has 1 atom stereocenters. The van der Waals surface area contributed by atoms with E-state index in [1.165, 1.54) is 11.1 Å². The van der Waals surface area contributed by atoms with Crippen molar-refractivity contribution in [1.82, 2.24) is 0 Å². The van der Waals surface area contributed by atoms with Crippen LogP contribution in [0.2, 0.25) is 0 Å². The number of aliphatic hydroxyl groups is 1. The van der Waals surface area contributed by atoms with Gasteiger partial charge >= 0.3 is 5.97 Å². The molecule has 20 heavy (non-hydrogen) atoms. The molecule has 1 unspecified atom stereocenters. The first-order chi connectivity index (χ1) is 9.65. The van der Waals surface area contributed by atoms with Gasteiger partial charge in [-0.3, -0.25) is 4.79 Å². The number of rotatable bonds is 6. The molecule has 104 valence electrons. The molecule has 0 amide bonds. The van der Waals surface area contributed by atoms with E-state index in [9.17, 15) is 9.90 Å². The summed E-state index contributed by atoms with van der Waals surface area (Å²) in [5, 5.41) is 18.5. The fourth-order valence-electron chi connectivity index (χ4n) is 2.12. The Morgan fingerprint density at radius 1 is 0.950 bits per heavy atom. The summed E-state index contributed by atoms with van der Waals surface area (Å²) in [7, 11) is 0. The Morgan fingerprint density at radius 3 is 2.15 bits per heavy atom. The van der Waals surface area contributed by atoms with Crippen LogP contribution >= 0.6 is 0 Å². The standard InChI is InChI=1S/C17H18O3/c18-16(10-11-17(19)20)15-8-6-14(7-9-15)12-13-4-2-1-3-5-13/h1-9,16,18H,10-12H2,(H,19,20). The summed E-state index contributed by atoms with van der Waals surface area (Å²) in [5.41, 5.74) is 3.18. The van der Waals surface area contributed by atoms with Crippen LogP contribution in [-0.4, -0.2) is 16.2 Å². The van der Waals surface area contributed by atoms with E-state index in [1.54, 1.807) is 0 Å². The van der Waals surface area contributed by atoms with E-state index >= 15 is 0 Å². The molecule has 0 fully saturated rings. The minimum atomic E-state index is -0.884. The summed E-state index contributed by atoms with van der Waals surface area (Å²) in [4.78, 5) is 10.5. The van der Waals surface area contributed by atoms with Crippen molar-refractivity contribution in [3.8, 4) is 0 Å². The number of carboxylic acid groups (broad SMARTS) is 1. The second kappa shape index (κ2) is 6.87. The molecular weight excluding hydrogens is 252 g/mol. The van der Waals surface area contributed by atoms with Gasteiger partial charge in [-0.2, -0.15) is 0 Å². The molecule has 2 aromatic rings. The molecule has 0 radical (unpaired) electrons. The summed E-state index contributed by atoms with van der Waals surface area (Å²) < 4.78 is 0. The molecule has 0 aliphatic carbocycles. The number of benzene rings is 2. The van der Waals surface area contributed by atoms with Crippen LogP contribution in [0.4, 0.5) is 0 Å². The lowest BCUT2D eigenvalue weighted by Gasteiger charge is -2.10. The number of hydrogen-bond donors (Lipinski definition) is 2. The number of aliphatic hydroxyl groups excluding tert-OH is 1. The Morgan fingerprint density at radius 2 is 1.55 bits per heavy atom. The molecule has 2 N–H and O–H groups in total. The summed E-state index contributed by atoms with van der Waals surface area (Å²) in [6.45, 7) is 0. The van der Waals surface area contributed by atoms with Gasteiger partial charge in [0.1, 0.15) is 0 Å². The van der Waals surface area contributed by atoms with Crippen molar-refractivity contribution >= 4 is 5.97 Å². The van der Waals surface area contributed by atoms with Crippen molar-refractivity contribution in [3.05, 3.63) is 71.3 Å². The van der Waals surface area contributed by atoms with Gasteiger partial charge in [0.2, 0.25) is 0 Å². The van der Waals surface area contributed by atoms with Crippen LogP contribution in [-0.2, 0) is 11.2 Å². The monoisotopic (exact) mass is 270 g/mol. The maximum Gasteiger partial charge on any atom is 0.303 e. The van der Waals surface area contributed by atoms with Crippen LogP contribution in [0.15, 0.2) is 54.6 Å². The zero-order chi connectivity index (χ0) is 14.4. The van der Waals surface area contributed by atoms with Crippen molar-refractivity contribution in [3.63, 3.8) is 0 Å². The fraction of sp³-hybridized carbons (Fsp3) is 0.235. The van der Waals surface area contributed by atoms with E-state index in [2.05, 4.69) is 12.1 Å². The molecule has 2 rings (SSSR count). The van der Waals surface area contributed by atoms with Gasteiger partial charge in [0.15, 0.2) is 0 Å². The predicted octanol–water partition coefficient (Wildman–Crippen LogP) is 3.18. The predicted molar refractivity (Wildman–Crippen MR) is 77.5 cm³/mol. The van der Waals surface area contributed by atoms with Gasteiger partial charge in [-0.05, 0) is 29.5 Å². The van der Waals surface area contributed by atoms with Gasteiger partial charge in [-0.25, -0.2) is 0 Å². The van der Waals surface area contributed by atoms with Crippen molar-refractivity contribution in [2.45, 2.75) is 25.4 Å². The Hall–Kier alpha value is -2.13. The SMILES string of the molecule is O=C(O)CCC(O)c1ccc(Cc2ccccc2)cc1. The first-order valence-corrected chi connectivity index (χ1v) is 6.68. The van der Waals surface area contributed by atoms with E-state index in [1.807, 2.05) is 42.5 Å². The smallest absolute Gasteiger partial charge is 0.303 e. The van der Waals surface area contributed by atoms with Gasteiger partial charge in [-0.1, -0.05) is 54.6 Å². The molecule has 0 bridgehead atoms. The van der Waals surface area contributed by atoms with Crippen LogP contribution in [0.1, 0.15) is 35.6 Å². The van der Waals surface area contributed by atoms with Gasteiger partial charge in [0.25, 0.3) is 0 Å². The van der Waals surface area contributed by atoms with Crippen LogP contribution in [0.25, 0.3) is 0 Å². The average Bonchev–Trinajstić information content (AvgIpc) is 2.46. The molecule has 0 spiro atoms. The van der Waals surface area contributed by atoms with Gasteiger partial charge in [-0.15, -0.1) is 0 Å². The number of carboxylic acids is 1. The zero-order valence-corrected chi connectivity index (χ0v) is 11.2. The lowest BCUT2D eigenvalue weighted by molar-refractivity contribution is -0.137. The van der Waals surface area contributed by atoms with Crippen molar-refractivity contribution in [2.75, 3.05) is 0 Å². The normalized spacial score (nSPS) is 12.1. The lowest BCUT2D eigenvalue weighted by Crippen LogP contribution is -2.02. The van der Waals surface area contributed by atoms with E-state index in [4.69, 9.17) is 5.11 Å². The molecule has 2 aromatic carbocycles. The van der Waals surface area contributed by atoms with Gasteiger partial charge in [0, 0.05) is 6.42 Å². The third kappa shape index (κ3) is 4.21. The largest absolute Gasteiger partial charge is 0.481 e. The molecule has 3 heteroatoms. The number of aliphatic carboxylic acids is 1. The summed E-state index contributed by atoms with van der Waals surface area (Å²) in [6.07, 6.45) is 0.365. The van der Waals surface area contributed by atoms with Crippen LogP contribution < -0.4 is 0 Å². The summed E-state index contributed by atoms with van der Waals surface area (Å²) in [6, 6.07) is 17.9. The topological polar surface area (TPSA) is 57.5 Å². The highest BCUT2D eigenvalue weighted by Crippen LogP contribution is 2.19. The van der Waals surface area contributed by atoms with Crippen molar-refractivity contribution in [1.29, 1.82) is 0 Å². The summed E-state index contributed by atoms with van der Waals surface area (Å²) in [5.74, 6) is -0.884. The zero-order valence-electron chi connectivity index (χ0n) is 11.2. The second-order valence-electron chi connectivity index (χ2n) is 4.85. The maximum absolute atomic E-state index is 10.5. The highest BCUT2D eigenvalue weighted by Gasteiger charge is 2.09. The van der Waals surface area contributed by atoms with Crippen LogP contribution in [0, 0.1) is 0 Å². The average molecular weight is 270 g/mol. The number of hydrogen-bond acceptors (Lipinski definition) is 2. The van der Waals surface area contributed by atoms with E-state index in [0.717, 1.165) is 12.0 Å². The third-order valence-electron chi connectivity index (χ3n) is 3.25. The quantitative estimate of drug-likeness (QED) is 0.847. The third-order valence-corrected chi connectivity index (χ3v) is 3.25. The minimum absolute atomic E-state index is 0.0209. The summed E-state index contributed by atoms with van der Waals surface area (Å²) >= 11 is 0. The Kier molecular flexibility index (Phi) is 4.91. The first-order valence-electron chi connectivity index (χ1n) is 6.68. The molecular formula is C17H18O3. The Balaban J connectivity index is 1.97.